The number of hydrogen-bond acceptors (Lipinski definition) is 15. The van der Waals surface area contributed by atoms with Gasteiger partial charge in [0.25, 0.3) is 0 Å². The number of carbonyl (C=O) groups is 2. The fraction of sp³-hybridized carbons (Fsp3) is 0.933. The minimum absolute atomic E-state index is 0.165. The van der Waals surface area contributed by atoms with Crippen molar-refractivity contribution < 1.29 is 73.8 Å². The molecule has 0 aromatic carbocycles. The fourth-order valence-corrected chi connectivity index (χ4v) is 9.98. The highest BCUT2D eigenvalue weighted by Gasteiger charge is 2.47. The molecule has 0 aromatic heterocycles. The van der Waals surface area contributed by atoms with Gasteiger partial charge in [0.05, 0.1) is 19.8 Å². The third-order valence-corrected chi connectivity index (χ3v) is 15.0. The highest BCUT2D eigenvalue weighted by Crippen LogP contribution is 2.27. The van der Waals surface area contributed by atoms with Gasteiger partial charge in [-0.3, -0.25) is 9.59 Å². The molecule has 11 atom stereocenters. The van der Waals surface area contributed by atoms with Gasteiger partial charge in [0, 0.05) is 12.8 Å². The number of aliphatic hydroxyl groups excluding tert-OH is 7. The van der Waals surface area contributed by atoms with Crippen LogP contribution < -0.4 is 0 Å². The van der Waals surface area contributed by atoms with E-state index in [1.807, 2.05) is 0 Å². The molecule has 7 N–H and O–H groups in total. The van der Waals surface area contributed by atoms with Gasteiger partial charge in [0.15, 0.2) is 18.7 Å². The van der Waals surface area contributed by atoms with E-state index in [0.29, 0.717) is 12.8 Å². The number of rotatable bonds is 50. The van der Waals surface area contributed by atoms with Crippen molar-refractivity contribution in [1.82, 2.24) is 0 Å². The number of ether oxygens (including phenoxy) is 6. The maximum absolute atomic E-state index is 13.1. The highest BCUT2D eigenvalue weighted by molar-refractivity contribution is 5.70. The van der Waals surface area contributed by atoms with Crippen molar-refractivity contribution in [2.24, 2.45) is 0 Å². The summed E-state index contributed by atoms with van der Waals surface area (Å²) < 4.78 is 33.7. The van der Waals surface area contributed by atoms with Crippen molar-refractivity contribution in [2.75, 3.05) is 26.4 Å². The average Bonchev–Trinajstić information content (AvgIpc) is 3.40. The SMILES string of the molecule is CCCCCCCC/C=C/CCCCCCCCCC(=O)O[C@@H](COC(=O)CCCCCCCCCCCCCCCCCCCCCCCC)CO[C@@H]1O[C@H](CO[C@@H]2O[C@H](CO)[C@H](O)C(O)C2O)[C@H](O)C(O)C1O. The standard InChI is InChI=1S/C60H112O15/c1-3-5-7-9-11-13-15-17-19-21-22-23-24-25-27-28-30-32-34-36-38-40-42-51(62)70-45-48(73-52(63)43-41-39-37-35-33-31-29-26-20-18-16-14-12-10-8-6-4-2)46-71-59-58(69)56(67)54(65)50(75-59)47-72-60-57(68)55(66)53(64)49(44-61)74-60/h18,20,48-50,53-61,64-69H,3-17,19,21-47H2,1-2H3/b20-18+/t48-,49+,50+,53-,54-,55?,56?,57?,58?,59+,60+/m0/s1. The summed E-state index contributed by atoms with van der Waals surface area (Å²) in [7, 11) is 0. The molecule has 2 aliphatic heterocycles. The first kappa shape index (κ1) is 69.3. The van der Waals surface area contributed by atoms with Crippen molar-refractivity contribution in [3.63, 3.8) is 0 Å². The summed E-state index contributed by atoms with van der Waals surface area (Å²) >= 11 is 0. The van der Waals surface area contributed by atoms with E-state index in [2.05, 4.69) is 26.0 Å². The number of esters is 2. The molecule has 75 heavy (non-hydrogen) atoms. The number of unbranched alkanes of at least 4 members (excludes halogenated alkanes) is 34. The first-order valence-corrected chi connectivity index (χ1v) is 30.8. The quantitative estimate of drug-likeness (QED) is 0.0171. The summed E-state index contributed by atoms with van der Waals surface area (Å²) in [5, 5.41) is 72.3. The molecule has 2 saturated heterocycles. The van der Waals surface area contributed by atoms with Crippen molar-refractivity contribution in [3.05, 3.63) is 12.2 Å². The van der Waals surface area contributed by atoms with Gasteiger partial charge in [-0.15, -0.1) is 0 Å². The molecule has 0 aromatic rings. The monoisotopic (exact) mass is 1070 g/mol. The topological polar surface area (TPSA) is 231 Å². The van der Waals surface area contributed by atoms with Crippen LogP contribution >= 0.6 is 0 Å². The second-order valence-corrected chi connectivity index (χ2v) is 21.9. The van der Waals surface area contributed by atoms with Gasteiger partial charge in [-0.25, -0.2) is 0 Å². The molecule has 442 valence electrons. The van der Waals surface area contributed by atoms with Gasteiger partial charge >= 0.3 is 11.9 Å². The number of aliphatic hydroxyl groups is 7. The minimum Gasteiger partial charge on any atom is -0.462 e. The second kappa shape index (κ2) is 47.1. The van der Waals surface area contributed by atoms with E-state index in [0.717, 1.165) is 51.4 Å². The predicted molar refractivity (Wildman–Crippen MR) is 294 cm³/mol. The molecular weight excluding hydrogens is 961 g/mol. The minimum atomic E-state index is -1.76. The van der Waals surface area contributed by atoms with E-state index in [9.17, 15) is 45.3 Å². The first-order valence-electron chi connectivity index (χ1n) is 30.8. The molecule has 0 amide bonds. The van der Waals surface area contributed by atoms with E-state index >= 15 is 0 Å². The molecule has 2 aliphatic rings. The Morgan fingerprint density at radius 3 is 1.17 bits per heavy atom. The van der Waals surface area contributed by atoms with E-state index < -0.39 is 92.7 Å². The van der Waals surface area contributed by atoms with E-state index in [1.54, 1.807) is 0 Å². The normalized spacial score (nSPS) is 24.5. The Bertz CT molecular complexity index is 1350. The van der Waals surface area contributed by atoms with Crippen molar-refractivity contribution in [1.29, 1.82) is 0 Å². The molecule has 15 heteroatoms. The summed E-state index contributed by atoms with van der Waals surface area (Å²) in [6.07, 6.45) is 33.8. The molecule has 0 radical (unpaired) electrons. The molecule has 0 saturated carbocycles. The van der Waals surface area contributed by atoms with Crippen LogP contribution in [0.2, 0.25) is 0 Å². The lowest BCUT2D eigenvalue weighted by Crippen LogP contribution is -2.61. The fourth-order valence-electron chi connectivity index (χ4n) is 9.98. The Labute approximate surface area is 454 Å². The largest absolute Gasteiger partial charge is 0.462 e. The van der Waals surface area contributed by atoms with Crippen LogP contribution in [0.1, 0.15) is 264 Å². The summed E-state index contributed by atoms with van der Waals surface area (Å²) in [5.74, 6) is -0.912. The van der Waals surface area contributed by atoms with Crippen molar-refractivity contribution >= 4 is 11.9 Å². The molecule has 2 fully saturated rings. The third kappa shape index (κ3) is 34.1. The van der Waals surface area contributed by atoms with Crippen LogP contribution in [0.25, 0.3) is 0 Å². The Morgan fingerprint density at radius 2 is 0.760 bits per heavy atom. The zero-order chi connectivity index (χ0) is 54.6. The number of hydrogen-bond donors (Lipinski definition) is 7. The highest BCUT2D eigenvalue weighted by atomic mass is 16.7. The Balaban J connectivity index is 1.71. The zero-order valence-electron chi connectivity index (χ0n) is 47.3. The van der Waals surface area contributed by atoms with Gasteiger partial charge in [-0.05, 0) is 38.5 Å². The smallest absolute Gasteiger partial charge is 0.306 e. The van der Waals surface area contributed by atoms with E-state index in [1.165, 1.54) is 173 Å². The predicted octanol–water partition coefficient (Wildman–Crippen LogP) is 10.9. The Hall–Kier alpha value is -1.76. The third-order valence-electron chi connectivity index (χ3n) is 15.0. The summed E-state index contributed by atoms with van der Waals surface area (Å²) in [6, 6.07) is 0. The average molecular weight is 1070 g/mol. The number of allylic oxidation sites excluding steroid dienone is 2. The molecule has 2 rings (SSSR count). The van der Waals surface area contributed by atoms with Crippen LogP contribution in [0.3, 0.4) is 0 Å². The van der Waals surface area contributed by atoms with Crippen molar-refractivity contribution in [3.8, 4) is 0 Å². The van der Waals surface area contributed by atoms with Crippen LogP contribution in [0.5, 0.6) is 0 Å². The van der Waals surface area contributed by atoms with Gasteiger partial charge in [-0.1, -0.05) is 225 Å². The second-order valence-electron chi connectivity index (χ2n) is 21.9. The summed E-state index contributed by atoms with van der Waals surface area (Å²) in [6.45, 7) is 2.64. The molecule has 4 unspecified atom stereocenters. The molecule has 15 nitrogen and oxygen atoms in total. The lowest BCUT2D eigenvalue weighted by atomic mass is 9.98. The van der Waals surface area contributed by atoms with Gasteiger partial charge in [0.2, 0.25) is 0 Å². The molecule has 0 bridgehead atoms. The zero-order valence-corrected chi connectivity index (χ0v) is 47.3. The van der Waals surface area contributed by atoms with Crippen LogP contribution in [0.15, 0.2) is 12.2 Å². The lowest BCUT2D eigenvalue weighted by molar-refractivity contribution is -0.332. The Kier molecular flexibility index (Phi) is 43.5. The van der Waals surface area contributed by atoms with Crippen LogP contribution in [0, 0.1) is 0 Å². The van der Waals surface area contributed by atoms with Gasteiger partial charge in [0.1, 0.15) is 55.4 Å². The van der Waals surface area contributed by atoms with Crippen LogP contribution in [-0.4, -0.2) is 142 Å². The number of carbonyl (C=O) groups excluding carboxylic acids is 2. The summed E-state index contributed by atoms with van der Waals surface area (Å²) in [5.41, 5.74) is 0. The van der Waals surface area contributed by atoms with Crippen LogP contribution in [0.4, 0.5) is 0 Å². The maximum atomic E-state index is 13.1. The van der Waals surface area contributed by atoms with E-state index in [-0.39, 0.29) is 26.1 Å². The maximum Gasteiger partial charge on any atom is 0.306 e. The molecule has 0 spiro atoms. The van der Waals surface area contributed by atoms with E-state index in [4.69, 9.17) is 28.4 Å². The van der Waals surface area contributed by atoms with Crippen molar-refractivity contribution in [2.45, 2.75) is 332 Å². The molecule has 2 heterocycles. The van der Waals surface area contributed by atoms with Gasteiger partial charge < -0.3 is 64.2 Å². The molecule has 0 aliphatic carbocycles. The lowest BCUT2D eigenvalue weighted by Gasteiger charge is -2.42. The van der Waals surface area contributed by atoms with Gasteiger partial charge in [-0.2, -0.15) is 0 Å². The molecular formula is C60H112O15. The first-order chi connectivity index (χ1) is 36.5. The Morgan fingerprint density at radius 1 is 0.413 bits per heavy atom. The summed E-state index contributed by atoms with van der Waals surface area (Å²) in [4.78, 5) is 25.9. The van der Waals surface area contributed by atoms with Crippen LogP contribution in [-0.2, 0) is 38.0 Å².